The van der Waals surface area contributed by atoms with Crippen LogP contribution in [0.25, 0.3) is 11.3 Å². The van der Waals surface area contributed by atoms with Crippen molar-refractivity contribution in [2.75, 3.05) is 13.1 Å². The van der Waals surface area contributed by atoms with Gasteiger partial charge in [-0.15, -0.1) is 0 Å². The highest BCUT2D eigenvalue weighted by atomic mass is 19.1. The smallest absolute Gasteiger partial charge is 0.287 e. The van der Waals surface area contributed by atoms with Gasteiger partial charge in [0.1, 0.15) is 11.6 Å². The second-order valence-corrected chi connectivity index (χ2v) is 5.15. The van der Waals surface area contributed by atoms with E-state index in [0.29, 0.717) is 23.9 Å². The maximum absolute atomic E-state index is 13.7. The molecular formula is C16H17FN2O2. The first-order chi connectivity index (χ1) is 10.2. The maximum Gasteiger partial charge on any atom is 0.287 e. The van der Waals surface area contributed by atoms with Gasteiger partial charge in [-0.25, -0.2) is 4.39 Å². The van der Waals surface area contributed by atoms with Crippen LogP contribution in [0.2, 0.25) is 0 Å². The van der Waals surface area contributed by atoms with Gasteiger partial charge in [0, 0.05) is 12.6 Å². The molecule has 2 N–H and O–H groups in total. The Balaban J connectivity index is 1.66. The van der Waals surface area contributed by atoms with Crippen molar-refractivity contribution in [3.8, 4) is 11.3 Å². The summed E-state index contributed by atoms with van der Waals surface area (Å²) in [5.41, 5.74) is 0.356. The van der Waals surface area contributed by atoms with E-state index in [-0.39, 0.29) is 17.5 Å². The molecule has 0 bridgehead atoms. The van der Waals surface area contributed by atoms with Crippen LogP contribution in [0.5, 0.6) is 0 Å². The zero-order valence-electron chi connectivity index (χ0n) is 11.6. The summed E-state index contributed by atoms with van der Waals surface area (Å²) < 4.78 is 19.1. The Labute approximate surface area is 122 Å². The molecule has 0 aliphatic carbocycles. The predicted molar refractivity (Wildman–Crippen MR) is 77.5 cm³/mol. The summed E-state index contributed by atoms with van der Waals surface area (Å²) in [6, 6.07) is 9.84. The third-order valence-electron chi connectivity index (χ3n) is 3.64. The fraction of sp³-hybridized carbons (Fsp3) is 0.312. The molecule has 4 nitrogen and oxygen atoms in total. The van der Waals surface area contributed by atoms with E-state index in [0.717, 1.165) is 19.4 Å². The molecule has 1 unspecified atom stereocenters. The van der Waals surface area contributed by atoms with Crippen LogP contribution in [0.3, 0.4) is 0 Å². The Kier molecular flexibility index (Phi) is 4.01. The maximum atomic E-state index is 13.7. The highest BCUT2D eigenvalue weighted by Gasteiger charge is 2.17. The van der Waals surface area contributed by atoms with E-state index in [2.05, 4.69) is 10.6 Å². The van der Waals surface area contributed by atoms with Gasteiger partial charge in [-0.1, -0.05) is 12.1 Å². The van der Waals surface area contributed by atoms with Crippen molar-refractivity contribution >= 4 is 5.91 Å². The first-order valence-corrected chi connectivity index (χ1v) is 7.10. The fourth-order valence-corrected chi connectivity index (χ4v) is 2.50. The van der Waals surface area contributed by atoms with E-state index in [4.69, 9.17) is 4.42 Å². The molecule has 5 heteroatoms. The standard InChI is InChI=1S/C16H17FN2O2/c17-13-6-2-1-5-12(13)14-7-8-15(21-14)16(20)19-10-11-4-3-9-18-11/h1-2,5-8,11,18H,3-4,9-10H2,(H,19,20). The summed E-state index contributed by atoms with van der Waals surface area (Å²) in [6.45, 7) is 1.58. The third-order valence-corrected chi connectivity index (χ3v) is 3.64. The Morgan fingerprint density at radius 3 is 2.95 bits per heavy atom. The van der Waals surface area contributed by atoms with Gasteiger partial charge in [-0.05, 0) is 43.7 Å². The predicted octanol–water partition coefficient (Wildman–Crippen LogP) is 2.57. The summed E-state index contributed by atoms with van der Waals surface area (Å²) in [6.07, 6.45) is 2.21. The number of carbonyl (C=O) groups is 1. The summed E-state index contributed by atoms with van der Waals surface area (Å²) in [4.78, 5) is 12.0. The highest BCUT2D eigenvalue weighted by Crippen LogP contribution is 2.24. The lowest BCUT2D eigenvalue weighted by atomic mass is 10.1. The topological polar surface area (TPSA) is 54.3 Å². The molecule has 1 atom stereocenters. The molecular weight excluding hydrogens is 271 g/mol. The first kappa shape index (κ1) is 13.8. The minimum absolute atomic E-state index is 0.200. The fourth-order valence-electron chi connectivity index (χ4n) is 2.50. The number of hydrogen-bond donors (Lipinski definition) is 2. The van der Waals surface area contributed by atoms with E-state index < -0.39 is 0 Å². The van der Waals surface area contributed by atoms with Crippen LogP contribution in [0.1, 0.15) is 23.4 Å². The van der Waals surface area contributed by atoms with Gasteiger partial charge in [0.05, 0.1) is 5.56 Å². The largest absolute Gasteiger partial charge is 0.451 e. The van der Waals surface area contributed by atoms with Crippen molar-refractivity contribution in [3.05, 3.63) is 48.0 Å². The Morgan fingerprint density at radius 2 is 2.19 bits per heavy atom. The number of amides is 1. The number of halogens is 1. The van der Waals surface area contributed by atoms with Crippen molar-refractivity contribution < 1.29 is 13.6 Å². The van der Waals surface area contributed by atoms with Crippen molar-refractivity contribution in [3.63, 3.8) is 0 Å². The minimum atomic E-state index is -0.367. The molecule has 2 heterocycles. The molecule has 110 valence electrons. The van der Waals surface area contributed by atoms with Crippen molar-refractivity contribution in [2.24, 2.45) is 0 Å². The van der Waals surface area contributed by atoms with Crippen LogP contribution in [0.4, 0.5) is 4.39 Å². The van der Waals surface area contributed by atoms with Gasteiger partial charge < -0.3 is 15.1 Å². The van der Waals surface area contributed by atoms with Crippen LogP contribution in [0.15, 0.2) is 40.8 Å². The molecule has 0 spiro atoms. The Morgan fingerprint density at radius 1 is 1.33 bits per heavy atom. The molecule has 1 fully saturated rings. The van der Waals surface area contributed by atoms with Gasteiger partial charge in [0.15, 0.2) is 5.76 Å². The van der Waals surface area contributed by atoms with Gasteiger partial charge >= 0.3 is 0 Å². The van der Waals surface area contributed by atoms with E-state index in [1.807, 2.05) is 0 Å². The zero-order valence-corrected chi connectivity index (χ0v) is 11.6. The van der Waals surface area contributed by atoms with Crippen LogP contribution >= 0.6 is 0 Å². The lowest BCUT2D eigenvalue weighted by molar-refractivity contribution is 0.0923. The number of furan rings is 1. The average Bonchev–Trinajstić information content (AvgIpc) is 3.17. The summed E-state index contributed by atoms with van der Waals surface area (Å²) >= 11 is 0. The highest BCUT2D eigenvalue weighted by molar-refractivity contribution is 5.92. The molecule has 1 aliphatic heterocycles. The molecule has 1 aromatic carbocycles. The molecule has 1 aromatic heterocycles. The molecule has 3 rings (SSSR count). The molecule has 1 aliphatic rings. The van der Waals surface area contributed by atoms with Gasteiger partial charge in [-0.2, -0.15) is 0 Å². The van der Waals surface area contributed by atoms with Crippen LogP contribution < -0.4 is 10.6 Å². The molecule has 21 heavy (non-hydrogen) atoms. The normalized spacial score (nSPS) is 17.9. The number of rotatable bonds is 4. The Bertz CT molecular complexity index is 633. The van der Waals surface area contributed by atoms with Crippen molar-refractivity contribution in [1.82, 2.24) is 10.6 Å². The molecule has 0 radical (unpaired) electrons. The lowest BCUT2D eigenvalue weighted by Gasteiger charge is -2.10. The number of carbonyl (C=O) groups excluding carboxylic acids is 1. The van der Waals surface area contributed by atoms with Crippen LogP contribution in [0, 0.1) is 5.82 Å². The van der Waals surface area contributed by atoms with E-state index in [1.54, 1.807) is 30.3 Å². The summed E-state index contributed by atoms with van der Waals surface area (Å²) in [7, 11) is 0. The quantitative estimate of drug-likeness (QED) is 0.909. The molecule has 1 amide bonds. The third kappa shape index (κ3) is 3.13. The molecule has 1 saturated heterocycles. The van der Waals surface area contributed by atoms with E-state index >= 15 is 0 Å². The van der Waals surface area contributed by atoms with Crippen LogP contribution in [-0.2, 0) is 0 Å². The van der Waals surface area contributed by atoms with Gasteiger partial charge in [0.2, 0.25) is 0 Å². The number of hydrogen-bond acceptors (Lipinski definition) is 3. The van der Waals surface area contributed by atoms with E-state index in [1.165, 1.54) is 6.07 Å². The summed E-state index contributed by atoms with van der Waals surface area (Å²) in [5, 5.41) is 6.14. The van der Waals surface area contributed by atoms with Crippen molar-refractivity contribution in [2.45, 2.75) is 18.9 Å². The zero-order chi connectivity index (χ0) is 14.7. The monoisotopic (exact) mass is 288 g/mol. The van der Waals surface area contributed by atoms with E-state index in [9.17, 15) is 9.18 Å². The first-order valence-electron chi connectivity index (χ1n) is 7.10. The van der Waals surface area contributed by atoms with Crippen LogP contribution in [-0.4, -0.2) is 25.0 Å². The lowest BCUT2D eigenvalue weighted by Crippen LogP contribution is -2.37. The second kappa shape index (κ2) is 6.10. The second-order valence-electron chi connectivity index (χ2n) is 5.15. The number of benzene rings is 1. The molecule has 2 aromatic rings. The van der Waals surface area contributed by atoms with Gasteiger partial charge in [-0.3, -0.25) is 4.79 Å². The summed E-state index contributed by atoms with van der Waals surface area (Å²) in [5.74, 6) is -0.0799. The average molecular weight is 288 g/mol. The van der Waals surface area contributed by atoms with Crippen molar-refractivity contribution in [1.29, 1.82) is 0 Å². The van der Waals surface area contributed by atoms with Gasteiger partial charge in [0.25, 0.3) is 5.91 Å². The molecule has 0 saturated carbocycles. The SMILES string of the molecule is O=C(NCC1CCCN1)c1ccc(-c2ccccc2F)o1. The number of nitrogens with one attached hydrogen (secondary N) is 2. The Hall–Kier alpha value is -2.14. The minimum Gasteiger partial charge on any atom is -0.451 e.